The fourth-order valence-electron chi connectivity index (χ4n) is 2.40. The van der Waals surface area contributed by atoms with Crippen LogP contribution in [0.4, 0.5) is 0 Å². The van der Waals surface area contributed by atoms with Crippen LogP contribution in [0.25, 0.3) is 0 Å². The summed E-state index contributed by atoms with van der Waals surface area (Å²) in [6, 6.07) is 0.466. The second-order valence-corrected chi connectivity index (χ2v) is 4.39. The molecule has 5 nitrogen and oxygen atoms in total. The average Bonchev–Trinajstić information content (AvgIpc) is 2.57. The molecular weight excluding hydrogens is 210 g/mol. The number of morpholine rings is 1. The number of aliphatic carboxylic acids is 1. The van der Waals surface area contributed by atoms with Gasteiger partial charge in [0.15, 0.2) is 6.10 Å². The van der Waals surface area contributed by atoms with Gasteiger partial charge in [-0.15, -0.1) is 0 Å². The van der Waals surface area contributed by atoms with Crippen molar-refractivity contribution in [2.75, 3.05) is 32.9 Å². The lowest BCUT2D eigenvalue weighted by atomic mass is 10.1. The number of carbonyl (C=O) groups is 1. The van der Waals surface area contributed by atoms with E-state index in [1.54, 1.807) is 0 Å². The van der Waals surface area contributed by atoms with Gasteiger partial charge in [-0.05, 0) is 19.3 Å². The van der Waals surface area contributed by atoms with Gasteiger partial charge in [0, 0.05) is 32.3 Å². The van der Waals surface area contributed by atoms with Crippen molar-refractivity contribution in [3.63, 3.8) is 0 Å². The van der Waals surface area contributed by atoms with E-state index in [-0.39, 0.29) is 0 Å². The highest BCUT2D eigenvalue weighted by Gasteiger charge is 2.30. The number of carboxylic acids is 1. The molecule has 2 aliphatic heterocycles. The maximum absolute atomic E-state index is 10.9. The van der Waals surface area contributed by atoms with Crippen LogP contribution >= 0.6 is 0 Å². The molecule has 16 heavy (non-hydrogen) atoms. The van der Waals surface area contributed by atoms with Crippen molar-refractivity contribution in [1.82, 2.24) is 4.90 Å². The predicted octanol–water partition coefficient (Wildman–Crippen LogP) is 0.341. The van der Waals surface area contributed by atoms with E-state index in [0.29, 0.717) is 19.2 Å². The summed E-state index contributed by atoms with van der Waals surface area (Å²) >= 11 is 0. The van der Waals surface area contributed by atoms with Crippen LogP contribution in [0.2, 0.25) is 0 Å². The Bertz CT molecular complexity index is 238. The zero-order chi connectivity index (χ0) is 11.4. The van der Waals surface area contributed by atoms with Gasteiger partial charge in [0.25, 0.3) is 0 Å². The molecule has 0 spiro atoms. The quantitative estimate of drug-likeness (QED) is 0.740. The zero-order valence-electron chi connectivity index (χ0n) is 9.43. The molecule has 0 aromatic rings. The molecule has 2 atom stereocenters. The number of ether oxygens (including phenoxy) is 2. The molecule has 2 heterocycles. The van der Waals surface area contributed by atoms with Gasteiger partial charge in [-0.3, -0.25) is 4.90 Å². The van der Waals surface area contributed by atoms with Gasteiger partial charge in [-0.1, -0.05) is 0 Å². The summed E-state index contributed by atoms with van der Waals surface area (Å²) in [4.78, 5) is 13.1. The van der Waals surface area contributed by atoms with Crippen molar-refractivity contribution < 1.29 is 19.4 Å². The van der Waals surface area contributed by atoms with Crippen molar-refractivity contribution in [3.8, 4) is 0 Å². The SMILES string of the molecule is O=C(O)C1CN(C2CCCOCC2)CCO1. The molecule has 0 amide bonds. The van der Waals surface area contributed by atoms with E-state index in [1.165, 1.54) is 0 Å². The van der Waals surface area contributed by atoms with E-state index in [0.717, 1.165) is 39.0 Å². The Kier molecular flexibility index (Phi) is 4.15. The fourth-order valence-corrected chi connectivity index (χ4v) is 2.40. The van der Waals surface area contributed by atoms with Crippen LogP contribution in [-0.2, 0) is 14.3 Å². The van der Waals surface area contributed by atoms with Crippen molar-refractivity contribution in [2.24, 2.45) is 0 Å². The Hall–Kier alpha value is -0.650. The first-order valence-corrected chi connectivity index (χ1v) is 5.93. The summed E-state index contributed by atoms with van der Waals surface area (Å²) in [6.45, 7) is 3.51. The number of carboxylic acid groups (broad SMARTS) is 1. The molecule has 0 aromatic heterocycles. The first kappa shape index (κ1) is 11.8. The van der Waals surface area contributed by atoms with Gasteiger partial charge < -0.3 is 14.6 Å². The minimum absolute atomic E-state index is 0.466. The second-order valence-electron chi connectivity index (χ2n) is 4.39. The van der Waals surface area contributed by atoms with Crippen molar-refractivity contribution >= 4 is 5.97 Å². The number of rotatable bonds is 2. The van der Waals surface area contributed by atoms with E-state index < -0.39 is 12.1 Å². The molecule has 1 N–H and O–H groups in total. The third-order valence-electron chi connectivity index (χ3n) is 3.31. The Morgan fingerprint density at radius 3 is 2.94 bits per heavy atom. The summed E-state index contributed by atoms with van der Waals surface area (Å²) in [5.74, 6) is -0.852. The molecule has 2 aliphatic rings. The van der Waals surface area contributed by atoms with E-state index >= 15 is 0 Å². The largest absolute Gasteiger partial charge is 0.479 e. The third-order valence-corrected chi connectivity index (χ3v) is 3.31. The average molecular weight is 229 g/mol. The smallest absolute Gasteiger partial charge is 0.334 e. The second kappa shape index (κ2) is 5.61. The van der Waals surface area contributed by atoms with Gasteiger partial charge in [0.1, 0.15) is 0 Å². The van der Waals surface area contributed by atoms with E-state index in [2.05, 4.69) is 4.90 Å². The Morgan fingerprint density at radius 1 is 1.25 bits per heavy atom. The van der Waals surface area contributed by atoms with Gasteiger partial charge >= 0.3 is 5.97 Å². The zero-order valence-corrected chi connectivity index (χ0v) is 9.43. The van der Waals surface area contributed by atoms with Crippen molar-refractivity contribution in [3.05, 3.63) is 0 Å². The van der Waals surface area contributed by atoms with Crippen LogP contribution in [0.3, 0.4) is 0 Å². The van der Waals surface area contributed by atoms with Crippen LogP contribution < -0.4 is 0 Å². The molecule has 0 aromatic carbocycles. The molecule has 2 fully saturated rings. The molecular formula is C11H19NO4. The molecule has 0 aliphatic carbocycles. The summed E-state index contributed by atoms with van der Waals surface area (Å²) < 4.78 is 10.6. The number of nitrogens with zero attached hydrogens (tertiary/aromatic N) is 1. The summed E-state index contributed by atoms with van der Waals surface area (Å²) in [5.41, 5.74) is 0. The van der Waals surface area contributed by atoms with Crippen LogP contribution in [0.5, 0.6) is 0 Å². The molecule has 0 bridgehead atoms. The van der Waals surface area contributed by atoms with E-state index in [1.807, 2.05) is 0 Å². The van der Waals surface area contributed by atoms with Crippen LogP contribution in [0.1, 0.15) is 19.3 Å². The van der Waals surface area contributed by atoms with Crippen molar-refractivity contribution in [2.45, 2.75) is 31.4 Å². The highest BCUT2D eigenvalue weighted by Crippen LogP contribution is 2.18. The third kappa shape index (κ3) is 2.93. The standard InChI is InChI=1S/C11H19NO4/c13-11(14)10-8-12(4-7-16-10)9-2-1-5-15-6-3-9/h9-10H,1-8H2,(H,13,14). The molecule has 2 rings (SSSR count). The molecule has 2 unspecified atom stereocenters. The molecule has 5 heteroatoms. The highest BCUT2D eigenvalue weighted by molar-refractivity contribution is 5.72. The highest BCUT2D eigenvalue weighted by atomic mass is 16.5. The Morgan fingerprint density at radius 2 is 2.12 bits per heavy atom. The lowest BCUT2D eigenvalue weighted by Gasteiger charge is -2.36. The minimum atomic E-state index is -0.852. The lowest BCUT2D eigenvalue weighted by molar-refractivity contribution is -0.157. The van der Waals surface area contributed by atoms with E-state index in [9.17, 15) is 4.79 Å². The maximum Gasteiger partial charge on any atom is 0.334 e. The summed E-state index contributed by atoms with van der Waals surface area (Å²) in [7, 11) is 0. The van der Waals surface area contributed by atoms with Gasteiger partial charge in [0.2, 0.25) is 0 Å². The van der Waals surface area contributed by atoms with Crippen LogP contribution in [0, 0.1) is 0 Å². The first-order chi connectivity index (χ1) is 7.77. The van der Waals surface area contributed by atoms with Gasteiger partial charge in [0.05, 0.1) is 6.61 Å². The lowest BCUT2D eigenvalue weighted by Crippen LogP contribution is -2.50. The van der Waals surface area contributed by atoms with Crippen molar-refractivity contribution in [1.29, 1.82) is 0 Å². The topological polar surface area (TPSA) is 59.0 Å². The number of hydrogen-bond donors (Lipinski definition) is 1. The molecule has 0 saturated carbocycles. The molecule has 0 radical (unpaired) electrons. The van der Waals surface area contributed by atoms with Crippen LogP contribution in [0.15, 0.2) is 0 Å². The molecule has 2 saturated heterocycles. The van der Waals surface area contributed by atoms with Gasteiger partial charge in [-0.25, -0.2) is 4.79 Å². The normalized spacial score (nSPS) is 33.2. The Labute approximate surface area is 95.3 Å². The minimum Gasteiger partial charge on any atom is -0.479 e. The van der Waals surface area contributed by atoms with Crippen LogP contribution in [-0.4, -0.2) is 61.0 Å². The molecule has 92 valence electrons. The predicted molar refractivity (Wildman–Crippen MR) is 57.4 cm³/mol. The first-order valence-electron chi connectivity index (χ1n) is 5.93. The monoisotopic (exact) mass is 229 g/mol. The Balaban J connectivity index is 1.89. The summed E-state index contributed by atoms with van der Waals surface area (Å²) in [5, 5.41) is 8.93. The number of hydrogen-bond acceptors (Lipinski definition) is 4. The summed E-state index contributed by atoms with van der Waals surface area (Å²) in [6.07, 6.45) is 2.52. The van der Waals surface area contributed by atoms with Gasteiger partial charge in [-0.2, -0.15) is 0 Å². The van der Waals surface area contributed by atoms with E-state index in [4.69, 9.17) is 14.6 Å². The maximum atomic E-state index is 10.9. The fraction of sp³-hybridized carbons (Fsp3) is 0.909.